The van der Waals surface area contributed by atoms with Crippen LogP contribution in [0, 0.1) is 0 Å². The number of benzene rings is 1. The smallest absolute Gasteiger partial charge is 0.329 e. The molecule has 0 unspecified atom stereocenters. The number of likely N-dealkylation sites (tertiary alicyclic amines) is 1. The van der Waals surface area contributed by atoms with E-state index in [0.717, 1.165) is 23.4 Å². The number of methoxy groups -OCH3 is 1. The molecule has 1 aliphatic heterocycles. The summed E-state index contributed by atoms with van der Waals surface area (Å²) in [6, 6.07) is 9.29. The van der Waals surface area contributed by atoms with Gasteiger partial charge in [-0.15, -0.1) is 0 Å². The van der Waals surface area contributed by atoms with E-state index in [1.54, 1.807) is 31.1 Å². The summed E-state index contributed by atoms with van der Waals surface area (Å²) in [6.07, 6.45) is 5.32. The summed E-state index contributed by atoms with van der Waals surface area (Å²) in [5.41, 5.74) is 4.91. The number of quaternary nitrogens is 1. The molecule has 30 heavy (non-hydrogen) atoms. The molecule has 1 aromatic heterocycles. The number of furan rings is 1. The third-order valence-corrected chi connectivity index (χ3v) is 5.23. The highest BCUT2D eigenvalue weighted by Gasteiger charge is 2.17. The van der Waals surface area contributed by atoms with Crippen molar-refractivity contribution in [1.29, 1.82) is 0 Å². The molecule has 1 aromatic carbocycles. The van der Waals surface area contributed by atoms with Crippen molar-refractivity contribution < 1.29 is 23.6 Å². The van der Waals surface area contributed by atoms with Crippen LogP contribution in [0.2, 0.25) is 0 Å². The van der Waals surface area contributed by atoms with Gasteiger partial charge in [0.25, 0.3) is 0 Å². The molecule has 0 bridgehead atoms. The number of nitrogens with zero attached hydrogens (tertiary/aromatic N) is 1. The summed E-state index contributed by atoms with van der Waals surface area (Å²) < 4.78 is 10.6. The molecule has 8 heteroatoms. The molecule has 3 N–H and O–H groups in total. The molecule has 3 rings (SSSR count). The van der Waals surface area contributed by atoms with Crippen molar-refractivity contribution in [2.24, 2.45) is 5.10 Å². The Balaban J connectivity index is 1.60. The van der Waals surface area contributed by atoms with Crippen LogP contribution in [0.1, 0.15) is 43.1 Å². The number of carbonyl (C=O) groups is 2. The standard InChI is InChI=1S/C22H28N4O4/c1-16(24-25-22(28)21(27)23-14-19-7-6-12-30-19)17-8-9-20(29-2)18(13-17)15-26-10-4-3-5-11-26/h6-9,12-13H,3-5,10-11,14-15H2,1-2H3,(H,23,27)(H,25,28)/p+1/b24-16-. The normalized spacial score (nSPS) is 14.9. The summed E-state index contributed by atoms with van der Waals surface area (Å²) in [7, 11) is 1.67. The molecule has 8 nitrogen and oxygen atoms in total. The van der Waals surface area contributed by atoms with Crippen molar-refractivity contribution in [3.05, 3.63) is 53.5 Å². The monoisotopic (exact) mass is 413 g/mol. The molecule has 0 spiro atoms. The molecule has 2 amide bonds. The van der Waals surface area contributed by atoms with Crippen LogP contribution in [0.3, 0.4) is 0 Å². The van der Waals surface area contributed by atoms with E-state index in [0.29, 0.717) is 11.5 Å². The maximum Gasteiger partial charge on any atom is 0.329 e. The molecular weight excluding hydrogens is 384 g/mol. The van der Waals surface area contributed by atoms with Gasteiger partial charge in [-0.25, -0.2) is 5.43 Å². The van der Waals surface area contributed by atoms with E-state index in [9.17, 15) is 9.59 Å². The second-order valence-electron chi connectivity index (χ2n) is 7.41. The summed E-state index contributed by atoms with van der Waals surface area (Å²) in [5, 5.41) is 6.57. The average Bonchev–Trinajstić information content (AvgIpc) is 3.30. The lowest BCUT2D eigenvalue weighted by Crippen LogP contribution is -3.11. The van der Waals surface area contributed by atoms with E-state index in [1.165, 1.54) is 38.6 Å². The number of hydrogen-bond donors (Lipinski definition) is 3. The summed E-state index contributed by atoms with van der Waals surface area (Å²) in [4.78, 5) is 25.4. The van der Waals surface area contributed by atoms with Gasteiger partial charge in [-0.05, 0) is 62.1 Å². The maximum absolute atomic E-state index is 12.0. The van der Waals surface area contributed by atoms with Crippen molar-refractivity contribution in [3.63, 3.8) is 0 Å². The summed E-state index contributed by atoms with van der Waals surface area (Å²) in [6.45, 7) is 5.17. The van der Waals surface area contributed by atoms with Crippen LogP contribution in [0.4, 0.5) is 0 Å². The Morgan fingerprint density at radius 3 is 2.67 bits per heavy atom. The Morgan fingerprint density at radius 1 is 1.17 bits per heavy atom. The Morgan fingerprint density at radius 2 is 1.97 bits per heavy atom. The number of rotatable bonds is 7. The van der Waals surface area contributed by atoms with Crippen LogP contribution in [0.5, 0.6) is 5.75 Å². The first-order valence-corrected chi connectivity index (χ1v) is 10.2. The fourth-order valence-corrected chi connectivity index (χ4v) is 3.55. The zero-order valence-electron chi connectivity index (χ0n) is 17.5. The van der Waals surface area contributed by atoms with Gasteiger partial charge in [0.1, 0.15) is 18.1 Å². The van der Waals surface area contributed by atoms with E-state index in [-0.39, 0.29) is 6.54 Å². The highest BCUT2D eigenvalue weighted by molar-refractivity contribution is 6.35. The molecule has 1 fully saturated rings. The average molecular weight is 413 g/mol. The van der Waals surface area contributed by atoms with Gasteiger partial charge < -0.3 is 19.4 Å². The highest BCUT2D eigenvalue weighted by Crippen LogP contribution is 2.20. The molecule has 160 valence electrons. The van der Waals surface area contributed by atoms with E-state index in [2.05, 4.69) is 15.8 Å². The molecule has 1 aliphatic rings. The molecular formula is C22H29N4O4+. The van der Waals surface area contributed by atoms with Crippen LogP contribution in [0.15, 0.2) is 46.1 Å². The van der Waals surface area contributed by atoms with Crippen molar-refractivity contribution in [2.75, 3.05) is 20.2 Å². The lowest BCUT2D eigenvalue weighted by atomic mass is 10.0. The van der Waals surface area contributed by atoms with E-state index in [4.69, 9.17) is 9.15 Å². The number of nitrogens with one attached hydrogen (secondary N) is 3. The molecule has 0 atom stereocenters. The zero-order chi connectivity index (χ0) is 21.3. The number of hydrogen-bond acceptors (Lipinski definition) is 5. The topological polar surface area (TPSA) is 97.4 Å². The maximum atomic E-state index is 12.0. The zero-order valence-corrected chi connectivity index (χ0v) is 17.5. The summed E-state index contributed by atoms with van der Waals surface area (Å²) >= 11 is 0. The second-order valence-corrected chi connectivity index (χ2v) is 7.41. The van der Waals surface area contributed by atoms with Gasteiger partial charge in [0.05, 0.1) is 38.7 Å². The predicted octanol–water partition coefficient (Wildman–Crippen LogP) is 1.01. The Hall–Kier alpha value is -3.13. The number of ether oxygens (including phenoxy) is 1. The third kappa shape index (κ3) is 5.93. The first-order valence-electron chi connectivity index (χ1n) is 10.2. The predicted molar refractivity (Wildman–Crippen MR) is 112 cm³/mol. The van der Waals surface area contributed by atoms with Crippen molar-refractivity contribution in [3.8, 4) is 5.75 Å². The molecule has 2 heterocycles. The SMILES string of the molecule is COc1ccc(/C(C)=N\NC(=O)C(=O)NCc2ccco2)cc1C[NH+]1CCCCC1. The van der Waals surface area contributed by atoms with Gasteiger partial charge in [-0.3, -0.25) is 9.59 Å². The minimum Gasteiger partial charge on any atom is -0.496 e. The fraction of sp³-hybridized carbons (Fsp3) is 0.409. The number of carbonyl (C=O) groups excluding carboxylic acids is 2. The summed E-state index contributed by atoms with van der Waals surface area (Å²) in [5.74, 6) is -0.178. The molecule has 0 saturated carbocycles. The van der Waals surface area contributed by atoms with Crippen molar-refractivity contribution >= 4 is 17.5 Å². The van der Waals surface area contributed by atoms with Crippen LogP contribution >= 0.6 is 0 Å². The van der Waals surface area contributed by atoms with Crippen LogP contribution in [0.25, 0.3) is 0 Å². The van der Waals surface area contributed by atoms with Gasteiger partial charge in [0, 0.05) is 5.56 Å². The minimum absolute atomic E-state index is 0.141. The minimum atomic E-state index is -0.826. The largest absolute Gasteiger partial charge is 0.496 e. The molecule has 2 aromatic rings. The van der Waals surface area contributed by atoms with E-state index >= 15 is 0 Å². The van der Waals surface area contributed by atoms with Crippen LogP contribution in [-0.4, -0.2) is 37.7 Å². The van der Waals surface area contributed by atoms with Gasteiger partial charge in [0.2, 0.25) is 0 Å². The van der Waals surface area contributed by atoms with E-state index < -0.39 is 11.8 Å². The first kappa shape index (κ1) is 21.6. The lowest BCUT2D eigenvalue weighted by Gasteiger charge is -2.24. The molecule has 0 aliphatic carbocycles. The van der Waals surface area contributed by atoms with Gasteiger partial charge >= 0.3 is 11.8 Å². The quantitative estimate of drug-likeness (QED) is 0.359. The van der Waals surface area contributed by atoms with Crippen molar-refractivity contribution in [2.45, 2.75) is 39.3 Å². The van der Waals surface area contributed by atoms with Crippen LogP contribution < -0.4 is 20.4 Å². The van der Waals surface area contributed by atoms with Gasteiger partial charge in [0.15, 0.2) is 0 Å². The highest BCUT2D eigenvalue weighted by atomic mass is 16.5. The Bertz CT molecular complexity index is 887. The Labute approximate surface area is 176 Å². The van der Waals surface area contributed by atoms with Crippen molar-refractivity contribution in [1.82, 2.24) is 10.7 Å². The number of piperidine rings is 1. The van der Waals surface area contributed by atoms with Crippen LogP contribution in [-0.2, 0) is 22.7 Å². The number of hydrazone groups is 1. The molecule has 1 saturated heterocycles. The molecule has 0 radical (unpaired) electrons. The second kappa shape index (κ2) is 10.6. The third-order valence-electron chi connectivity index (χ3n) is 5.23. The lowest BCUT2D eigenvalue weighted by molar-refractivity contribution is -0.918. The van der Waals surface area contributed by atoms with Gasteiger partial charge in [-0.1, -0.05) is 0 Å². The first-order chi connectivity index (χ1) is 14.6. The fourth-order valence-electron chi connectivity index (χ4n) is 3.55. The van der Waals surface area contributed by atoms with Gasteiger partial charge in [-0.2, -0.15) is 5.10 Å². The number of amides is 2. The van der Waals surface area contributed by atoms with E-state index in [1.807, 2.05) is 18.2 Å². The Kier molecular flexibility index (Phi) is 7.62.